The SMILES string of the molecule is NOc1ncnc2sccc12. The molecule has 2 aromatic heterocycles. The van der Waals surface area contributed by atoms with Crippen LogP contribution in [-0.2, 0) is 0 Å². The molecular formula is C6H5N3OS. The van der Waals surface area contributed by atoms with Gasteiger partial charge in [0.05, 0.1) is 5.39 Å². The van der Waals surface area contributed by atoms with E-state index >= 15 is 0 Å². The van der Waals surface area contributed by atoms with Gasteiger partial charge < -0.3 is 4.84 Å². The van der Waals surface area contributed by atoms with Crippen LogP contribution in [-0.4, -0.2) is 9.97 Å². The molecule has 0 spiro atoms. The van der Waals surface area contributed by atoms with Gasteiger partial charge in [-0.05, 0) is 11.4 Å². The summed E-state index contributed by atoms with van der Waals surface area (Å²) in [5, 5.41) is 2.78. The number of thiophene rings is 1. The molecule has 0 saturated carbocycles. The average Bonchev–Trinajstić information content (AvgIpc) is 2.50. The summed E-state index contributed by atoms with van der Waals surface area (Å²) < 4.78 is 0. The van der Waals surface area contributed by atoms with E-state index in [1.54, 1.807) is 0 Å². The molecule has 0 aliphatic heterocycles. The van der Waals surface area contributed by atoms with E-state index in [-0.39, 0.29) is 0 Å². The Morgan fingerprint density at radius 3 is 3.18 bits per heavy atom. The second kappa shape index (κ2) is 2.44. The van der Waals surface area contributed by atoms with E-state index in [4.69, 9.17) is 5.90 Å². The molecule has 0 radical (unpaired) electrons. The Morgan fingerprint density at radius 2 is 2.36 bits per heavy atom. The predicted molar refractivity (Wildman–Crippen MR) is 42.2 cm³/mol. The highest BCUT2D eigenvalue weighted by Gasteiger charge is 2.03. The van der Waals surface area contributed by atoms with Crippen molar-refractivity contribution in [2.24, 2.45) is 5.90 Å². The maximum atomic E-state index is 4.99. The largest absolute Gasteiger partial charge is 0.390 e. The van der Waals surface area contributed by atoms with Gasteiger partial charge in [0.1, 0.15) is 11.2 Å². The average molecular weight is 167 g/mol. The first-order valence-electron chi connectivity index (χ1n) is 2.97. The highest BCUT2D eigenvalue weighted by molar-refractivity contribution is 7.16. The number of fused-ring (bicyclic) bond motifs is 1. The van der Waals surface area contributed by atoms with E-state index in [0.29, 0.717) is 5.88 Å². The lowest BCUT2D eigenvalue weighted by Crippen LogP contribution is -2.03. The fourth-order valence-electron chi connectivity index (χ4n) is 0.861. The Morgan fingerprint density at radius 1 is 1.45 bits per heavy atom. The Balaban J connectivity index is 2.79. The fourth-order valence-corrected chi connectivity index (χ4v) is 1.58. The van der Waals surface area contributed by atoms with Crippen LogP contribution in [0, 0.1) is 0 Å². The zero-order chi connectivity index (χ0) is 7.68. The summed E-state index contributed by atoms with van der Waals surface area (Å²) in [5.74, 6) is 5.42. The Labute approximate surface area is 66.6 Å². The molecule has 2 heterocycles. The summed E-state index contributed by atoms with van der Waals surface area (Å²) in [4.78, 5) is 13.3. The molecule has 0 atom stereocenters. The van der Waals surface area contributed by atoms with E-state index in [1.807, 2.05) is 11.4 Å². The first kappa shape index (κ1) is 6.51. The summed E-state index contributed by atoms with van der Waals surface area (Å²) in [6, 6.07) is 1.88. The molecule has 0 amide bonds. The Bertz CT molecular complexity index is 373. The standard InChI is InChI=1S/C6H5N3OS/c7-10-5-4-1-2-11-6(4)9-3-8-5/h1-3H,7H2. The molecule has 0 unspecified atom stereocenters. The molecule has 0 fully saturated rings. The van der Waals surface area contributed by atoms with Gasteiger partial charge in [-0.2, -0.15) is 10.9 Å². The number of hydrogen-bond donors (Lipinski definition) is 1. The minimum Gasteiger partial charge on any atom is -0.390 e. The van der Waals surface area contributed by atoms with Gasteiger partial charge in [-0.25, -0.2) is 4.98 Å². The van der Waals surface area contributed by atoms with Crippen molar-refractivity contribution in [3.05, 3.63) is 17.8 Å². The second-order valence-corrected chi connectivity index (χ2v) is 2.83. The molecular weight excluding hydrogens is 162 g/mol. The van der Waals surface area contributed by atoms with E-state index in [9.17, 15) is 0 Å². The molecule has 0 aromatic carbocycles. The lowest BCUT2D eigenvalue weighted by atomic mass is 10.4. The second-order valence-electron chi connectivity index (χ2n) is 1.94. The number of hydrogen-bond acceptors (Lipinski definition) is 5. The van der Waals surface area contributed by atoms with Crippen LogP contribution in [0.15, 0.2) is 17.8 Å². The Kier molecular flexibility index (Phi) is 1.45. The van der Waals surface area contributed by atoms with Gasteiger partial charge in [0.2, 0.25) is 5.88 Å². The summed E-state index contributed by atoms with van der Waals surface area (Å²) in [7, 11) is 0. The molecule has 4 nitrogen and oxygen atoms in total. The zero-order valence-electron chi connectivity index (χ0n) is 5.52. The van der Waals surface area contributed by atoms with E-state index in [0.717, 1.165) is 10.2 Å². The molecule has 2 aromatic rings. The lowest BCUT2D eigenvalue weighted by Gasteiger charge is -1.95. The van der Waals surface area contributed by atoms with Crippen molar-refractivity contribution in [1.29, 1.82) is 0 Å². The van der Waals surface area contributed by atoms with Crippen LogP contribution in [0.5, 0.6) is 5.88 Å². The molecule has 56 valence electrons. The normalized spacial score (nSPS) is 10.3. The molecule has 0 aliphatic carbocycles. The van der Waals surface area contributed by atoms with Crippen molar-refractivity contribution in [1.82, 2.24) is 9.97 Å². The summed E-state index contributed by atoms with van der Waals surface area (Å²) in [5.41, 5.74) is 0. The molecule has 0 bridgehead atoms. The Hall–Kier alpha value is -1.20. The third-order valence-corrected chi connectivity index (χ3v) is 2.16. The van der Waals surface area contributed by atoms with E-state index in [2.05, 4.69) is 14.8 Å². The monoisotopic (exact) mass is 167 g/mol. The fraction of sp³-hybridized carbons (Fsp3) is 0. The zero-order valence-corrected chi connectivity index (χ0v) is 6.34. The van der Waals surface area contributed by atoms with Crippen LogP contribution in [0.2, 0.25) is 0 Å². The summed E-state index contributed by atoms with van der Waals surface area (Å²) >= 11 is 1.53. The van der Waals surface area contributed by atoms with Crippen LogP contribution >= 0.6 is 11.3 Å². The number of nitrogens with zero attached hydrogens (tertiary/aromatic N) is 2. The predicted octanol–water partition coefficient (Wildman–Crippen LogP) is 0.944. The first-order chi connectivity index (χ1) is 5.42. The number of nitrogens with two attached hydrogens (primary N) is 1. The molecule has 11 heavy (non-hydrogen) atoms. The highest BCUT2D eigenvalue weighted by Crippen LogP contribution is 2.24. The van der Waals surface area contributed by atoms with Crippen molar-refractivity contribution in [3.8, 4) is 5.88 Å². The molecule has 2 N–H and O–H groups in total. The quantitative estimate of drug-likeness (QED) is 0.642. The van der Waals surface area contributed by atoms with E-state index in [1.165, 1.54) is 17.7 Å². The van der Waals surface area contributed by atoms with Crippen LogP contribution < -0.4 is 10.7 Å². The van der Waals surface area contributed by atoms with Crippen molar-refractivity contribution in [3.63, 3.8) is 0 Å². The topological polar surface area (TPSA) is 61.0 Å². The van der Waals surface area contributed by atoms with Crippen LogP contribution in [0.1, 0.15) is 0 Å². The van der Waals surface area contributed by atoms with Gasteiger partial charge in [0.15, 0.2) is 0 Å². The van der Waals surface area contributed by atoms with Crippen molar-refractivity contribution >= 4 is 21.6 Å². The first-order valence-corrected chi connectivity index (χ1v) is 3.84. The van der Waals surface area contributed by atoms with Gasteiger partial charge in [0.25, 0.3) is 0 Å². The van der Waals surface area contributed by atoms with Crippen molar-refractivity contribution in [2.75, 3.05) is 0 Å². The van der Waals surface area contributed by atoms with Crippen molar-refractivity contribution in [2.45, 2.75) is 0 Å². The lowest BCUT2D eigenvalue weighted by molar-refractivity contribution is 0.325. The van der Waals surface area contributed by atoms with Gasteiger partial charge in [-0.3, -0.25) is 0 Å². The minimum atomic E-state index is 0.427. The van der Waals surface area contributed by atoms with Crippen molar-refractivity contribution < 1.29 is 4.84 Å². The van der Waals surface area contributed by atoms with Gasteiger partial charge in [0, 0.05) is 0 Å². The molecule has 5 heteroatoms. The summed E-state index contributed by atoms with van der Waals surface area (Å²) in [6.07, 6.45) is 1.43. The van der Waals surface area contributed by atoms with Gasteiger partial charge in [-0.1, -0.05) is 0 Å². The maximum Gasteiger partial charge on any atom is 0.249 e. The third kappa shape index (κ3) is 0.941. The van der Waals surface area contributed by atoms with Crippen LogP contribution in [0.4, 0.5) is 0 Å². The molecule has 2 rings (SSSR count). The van der Waals surface area contributed by atoms with Crippen LogP contribution in [0.3, 0.4) is 0 Å². The van der Waals surface area contributed by atoms with Gasteiger partial charge >= 0.3 is 0 Å². The minimum absolute atomic E-state index is 0.427. The smallest absolute Gasteiger partial charge is 0.249 e. The molecule has 0 saturated heterocycles. The van der Waals surface area contributed by atoms with E-state index < -0.39 is 0 Å². The number of aromatic nitrogens is 2. The highest BCUT2D eigenvalue weighted by atomic mass is 32.1. The number of rotatable bonds is 1. The van der Waals surface area contributed by atoms with Gasteiger partial charge in [-0.15, -0.1) is 11.3 Å². The van der Waals surface area contributed by atoms with Crippen LogP contribution in [0.25, 0.3) is 10.2 Å². The maximum absolute atomic E-state index is 4.99. The third-order valence-electron chi connectivity index (χ3n) is 1.34. The molecule has 0 aliphatic rings. The summed E-state index contributed by atoms with van der Waals surface area (Å²) in [6.45, 7) is 0.